The van der Waals surface area contributed by atoms with Gasteiger partial charge >= 0.3 is 17.6 Å². The number of nitriles is 1. The van der Waals surface area contributed by atoms with Crippen molar-refractivity contribution in [2.45, 2.75) is 5.92 Å². The summed E-state index contributed by atoms with van der Waals surface area (Å²) in [7, 11) is 2.32. The highest BCUT2D eigenvalue weighted by Crippen LogP contribution is 2.43. The van der Waals surface area contributed by atoms with Crippen LogP contribution in [0, 0.1) is 21.4 Å². The third-order valence-corrected chi connectivity index (χ3v) is 6.00. The van der Waals surface area contributed by atoms with Crippen LogP contribution in [0.1, 0.15) is 11.5 Å². The summed E-state index contributed by atoms with van der Waals surface area (Å²) in [5.41, 5.74) is 6.79. The molecule has 4 rings (SSSR count). The van der Waals surface area contributed by atoms with Crippen LogP contribution < -0.4 is 15.4 Å². The number of hydrogen-bond donors (Lipinski definition) is 1. The van der Waals surface area contributed by atoms with Crippen molar-refractivity contribution in [1.29, 1.82) is 5.26 Å². The Morgan fingerprint density at radius 2 is 1.56 bits per heavy atom. The molecule has 0 aromatic heterocycles. The van der Waals surface area contributed by atoms with E-state index in [2.05, 4.69) is 6.07 Å². The number of anilines is 1. The lowest BCUT2D eigenvalue weighted by molar-refractivity contribution is -0.385. The van der Waals surface area contributed by atoms with E-state index in [9.17, 15) is 25.0 Å². The van der Waals surface area contributed by atoms with Gasteiger partial charge in [-0.05, 0) is 35.9 Å². The van der Waals surface area contributed by atoms with Gasteiger partial charge in [0.05, 0.1) is 42.3 Å². The molecule has 0 fully saturated rings. The SMILES string of the molecule is COC(=O)C1=C(C(=O)OC)N(c2ccc(Oc3ccccc3[N+](=O)[O-])cc2)C(N)=C(C#N)C1c1ccccc1. The third kappa shape index (κ3) is 4.99. The molecule has 1 atom stereocenters. The van der Waals surface area contributed by atoms with E-state index in [1.807, 2.05) is 0 Å². The van der Waals surface area contributed by atoms with E-state index in [0.29, 0.717) is 11.3 Å². The Labute approximate surface area is 223 Å². The molecule has 11 nitrogen and oxygen atoms in total. The summed E-state index contributed by atoms with van der Waals surface area (Å²) < 4.78 is 15.7. The molecule has 1 aliphatic rings. The molecule has 1 unspecified atom stereocenters. The van der Waals surface area contributed by atoms with Gasteiger partial charge in [-0.2, -0.15) is 5.26 Å². The molecule has 3 aromatic carbocycles. The zero-order valence-electron chi connectivity index (χ0n) is 20.9. The first-order valence-electron chi connectivity index (χ1n) is 11.5. The summed E-state index contributed by atoms with van der Waals surface area (Å²) in [6.45, 7) is 0. The van der Waals surface area contributed by atoms with E-state index in [0.717, 1.165) is 7.11 Å². The molecule has 1 heterocycles. The van der Waals surface area contributed by atoms with Crippen molar-refractivity contribution in [2.75, 3.05) is 19.1 Å². The van der Waals surface area contributed by atoms with E-state index in [-0.39, 0.29) is 39.9 Å². The Hall–Kier alpha value is -5.63. The summed E-state index contributed by atoms with van der Waals surface area (Å²) >= 11 is 0. The predicted octanol–water partition coefficient (Wildman–Crippen LogP) is 4.28. The summed E-state index contributed by atoms with van der Waals surface area (Å²) in [5, 5.41) is 21.4. The zero-order valence-corrected chi connectivity index (χ0v) is 20.9. The van der Waals surface area contributed by atoms with Gasteiger partial charge in [-0.3, -0.25) is 15.0 Å². The molecule has 0 spiro atoms. The number of esters is 2. The molecule has 0 saturated carbocycles. The molecule has 196 valence electrons. The number of benzene rings is 3. The number of ether oxygens (including phenoxy) is 3. The van der Waals surface area contributed by atoms with Crippen LogP contribution in [0.4, 0.5) is 11.4 Å². The van der Waals surface area contributed by atoms with Gasteiger partial charge in [0, 0.05) is 11.8 Å². The number of para-hydroxylation sites is 2. The summed E-state index contributed by atoms with van der Waals surface area (Å²) in [5.74, 6) is -2.51. The van der Waals surface area contributed by atoms with Gasteiger partial charge in [0.2, 0.25) is 5.75 Å². The monoisotopic (exact) mass is 526 g/mol. The van der Waals surface area contributed by atoms with Crippen molar-refractivity contribution < 1.29 is 28.7 Å². The van der Waals surface area contributed by atoms with Gasteiger partial charge in [-0.25, -0.2) is 9.59 Å². The molecule has 0 bridgehead atoms. The maximum atomic E-state index is 13.1. The fourth-order valence-electron chi connectivity index (χ4n) is 4.27. The zero-order chi connectivity index (χ0) is 28.1. The van der Waals surface area contributed by atoms with Crippen LogP contribution in [0.2, 0.25) is 0 Å². The Morgan fingerprint density at radius 3 is 2.15 bits per heavy atom. The van der Waals surface area contributed by atoms with E-state index in [1.54, 1.807) is 36.4 Å². The smallest absolute Gasteiger partial charge is 0.355 e. The molecule has 1 aliphatic heterocycles. The maximum absolute atomic E-state index is 13.1. The molecular formula is C28H22N4O7. The lowest BCUT2D eigenvalue weighted by Crippen LogP contribution is -2.40. The summed E-state index contributed by atoms with van der Waals surface area (Å²) in [6.07, 6.45) is 0. The van der Waals surface area contributed by atoms with Crippen molar-refractivity contribution >= 4 is 23.3 Å². The second kappa shape index (κ2) is 11.2. The first-order chi connectivity index (χ1) is 18.8. The van der Waals surface area contributed by atoms with E-state index < -0.39 is 22.8 Å². The number of carbonyl (C=O) groups is 2. The van der Waals surface area contributed by atoms with Crippen molar-refractivity contribution in [2.24, 2.45) is 5.73 Å². The number of carbonyl (C=O) groups excluding carboxylic acids is 2. The van der Waals surface area contributed by atoms with E-state index in [1.165, 1.54) is 54.5 Å². The Balaban J connectivity index is 1.86. The Kier molecular flexibility index (Phi) is 7.58. The molecule has 0 radical (unpaired) electrons. The molecule has 2 N–H and O–H groups in total. The number of nitrogens with two attached hydrogens (primary N) is 1. The minimum Gasteiger partial charge on any atom is -0.466 e. The lowest BCUT2D eigenvalue weighted by atomic mass is 9.81. The normalized spacial score (nSPS) is 14.9. The second-order valence-corrected chi connectivity index (χ2v) is 8.16. The maximum Gasteiger partial charge on any atom is 0.355 e. The van der Waals surface area contributed by atoms with Gasteiger partial charge in [-0.15, -0.1) is 0 Å². The van der Waals surface area contributed by atoms with Gasteiger partial charge in [0.15, 0.2) is 0 Å². The number of nitro benzene ring substituents is 1. The highest BCUT2D eigenvalue weighted by Gasteiger charge is 2.43. The first-order valence-corrected chi connectivity index (χ1v) is 11.5. The van der Waals surface area contributed by atoms with Gasteiger partial charge < -0.3 is 19.9 Å². The van der Waals surface area contributed by atoms with E-state index in [4.69, 9.17) is 19.9 Å². The summed E-state index contributed by atoms with van der Waals surface area (Å²) in [4.78, 5) is 38.2. The average Bonchev–Trinajstić information content (AvgIpc) is 2.96. The van der Waals surface area contributed by atoms with Crippen LogP contribution >= 0.6 is 0 Å². The summed E-state index contributed by atoms with van der Waals surface area (Å²) in [6, 6.07) is 22.7. The van der Waals surface area contributed by atoms with Crippen molar-refractivity contribution in [3.63, 3.8) is 0 Å². The first kappa shape index (κ1) is 26.4. The molecule has 0 aliphatic carbocycles. The number of rotatable bonds is 7. The fraction of sp³-hybridized carbons (Fsp3) is 0.107. The van der Waals surface area contributed by atoms with Crippen molar-refractivity contribution in [1.82, 2.24) is 0 Å². The molecule has 0 amide bonds. The Morgan fingerprint density at radius 1 is 0.949 bits per heavy atom. The van der Waals surface area contributed by atoms with Crippen LogP contribution in [-0.4, -0.2) is 31.1 Å². The average molecular weight is 527 g/mol. The largest absolute Gasteiger partial charge is 0.466 e. The second-order valence-electron chi connectivity index (χ2n) is 8.16. The Bertz CT molecular complexity index is 1540. The number of hydrogen-bond acceptors (Lipinski definition) is 10. The van der Waals surface area contributed by atoms with Crippen LogP contribution in [0.15, 0.2) is 102 Å². The van der Waals surface area contributed by atoms with Crippen molar-refractivity contribution in [3.05, 3.63) is 117 Å². The molecule has 39 heavy (non-hydrogen) atoms. The topological polar surface area (TPSA) is 158 Å². The highest BCUT2D eigenvalue weighted by molar-refractivity contribution is 6.06. The molecule has 0 saturated heterocycles. The van der Waals surface area contributed by atoms with Gasteiger partial charge in [0.1, 0.15) is 17.3 Å². The van der Waals surface area contributed by atoms with Crippen molar-refractivity contribution in [3.8, 4) is 17.6 Å². The minimum absolute atomic E-state index is 0.0227. The van der Waals surface area contributed by atoms with Crippen LogP contribution in [0.25, 0.3) is 0 Å². The minimum atomic E-state index is -0.991. The molecule has 11 heteroatoms. The number of methoxy groups -OCH3 is 2. The third-order valence-electron chi connectivity index (χ3n) is 6.00. The lowest BCUT2D eigenvalue weighted by Gasteiger charge is -2.35. The highest BCUT2D eigenvalue weighted by atomic mass is 16.6. The molecular weight excluding hydrogens is 504 g/mol. The van der Waals surface area contributed by atoms with Crippen LogP contribution in [-0.2, 0) is 19.1 Å². The predicted molar refractivity (Wildman–Crippen MR) is 139 cm³/mol. The van der Waals surface area contributed by atoms with Crippen LogP contribution in [0.5, 0.6) is 11.5 Å². The van der Waals surface area contributed by atoms with Gasteiger partial charge in [0.25, 0.3) is 0 Å². The van der Waals surface area contributed by atoms with Gasteiger partial charge in [-0.1, -0.05) is 42.5 Å². The number of nitrogens with zero attached hydrogens (tertiary/aromatic N) is 3. The van der Waals surface area contributed by atoms with E-state index >= 15 is 0 Å². The van der Waals surface area contributed by atoms with Crippen LogP contribution in [0.3, 0.4) is 0 Å². The number of allylic oxidation sites excluding steroid dienone is 1. The fourth-order valence-corrected chi connectivity index (χ4v) is 4.27. The number of nitro groups is 1. The standard InChI is InChI=1S/C28H22N4O7/c1-37-27(33)24-23(17-8-4-3-5-9-17)20(16-29)26(30)31(25(24)28(34)38-2)18-12-14-19(15-13-18)39-22-11-7-6-10-21(22)32(35)36/h3-15,23H,30H2,1-2H3. The quantitative estimate of drug-likeness (QED) is 0.267. The molecule has 3 aromatic rings.